The molecule has 2 aliphatic carbocycles. The van der Waals surface area contributed by atoms with Gasteiger partial charge in [-0.25, -0.2) is 4.98 Å². The third kappa shape index (κ3) is 11.0. The van der Waals surface area contributed by atoms with Crippen molar-refractivity contribution in [3.63, 3.8) is 0 Å². The van der Waals surface area contributed by atoms with E-state index in [4.69, 9.17) is 4.98 Å². The molecule has 2 N–H and O–H groups in total. The van der Waals surface area contributed by atoms with Crippen molar-refractivity contribution in [2.45, 2.75) is 188 Å². The van der Waals surface area contributed by atoms with Crippen LogP contribution in [0.15, 0.2) is 100 Å². The van der Waals surface area contributed by atoms with Crippen molar-refractivity contribution in [3.05, 3.63) is 145 Å². The summed E-state index contributed by atoms with van der Waals surface area (Å²) in [6, 6.07) is 14.6. The molecule has 0 amide bonds. The highest BCUT2D eigenvalue weighted by Gasteiger charge is 2.38. The zero-order valence-electron chi connectivity index (χ0n) is 46.5. The largest absolute Gasteiger partial charge is 0.507 e. The highest BCUT2D eigenvalue weighted by atomic mass is 16.3. The molecule has 0 bridgehead atoms. The third-order valence-electron chi connectivity index (χ3n) is 13.3. The minimum absolute atomic E-state index is 0.0460. The number of carbonyl (C=O) groups excluding carboxylic acids is 2. The molecule has 2 aromatic carbocycles. The van der Waals surface area contributed by atoms with Gasteiger partial charge in [0.15, 0.2) is 11.6 Å². The molecule has 3 aromatic rings. The molecule has 1 aromatic heterocycles. The van der Waals surface area contributed by atoms with Crippen LogP contribution in [-0.2, 0) is 31.2 Å². The second-order valence-corrected chi connectivity index (χ2v) is 27.8. The molecular weight excluding hydrogens is 835 g/mol. The first-order valence-corrected chi connectivity index (χ1v) is 24.7. The van der Waals surface area contributed by atoms with Crippen molar-refractivity contribution in [2.75, 3.05) is 0 Å². The van der Waals surface area contributed by atoms with Gasteiger partial charge in [-0.3, -0.25) is 9.59 Å². The van der Waals surface area contributed by atoms with E-state index in [-0.39, 0.29) is 23.1 Å². The number of pyridine rings is 1. The van der Waals surface area contributed by atoms with E-state index < -0.39 is 43.3 Å². The molecule has 5 rings (SSSR count). The Balaban J connectivity index is 2.13. The number of aromatic nitrogens is 1. The number of Topliss-reactive ketones (excluding diaryl/α,β-unsaturated/α-hetero) is 2. The van der Waals surface area contributed by atoms with E-state index in [0.717, 1.165) is 78.0 Å². The number of phenolic OH excluding ortho intramolecular Hbond substituents is 2. The number of allylic oxidation sites excluding steroid dienone is 10. The molecule has 68 heavy (non-hydrogen) atoms. The van der Waals surface area contributed by atoms with E-state index in [2.05, 4.69) is 233 Å². The van der Waals surface area contributed by atoms with E-state index in [1.165, 1.54) is 0 Å². The van der Waals surface area contributed by atoms with Gasteiger partial charge in [0.2, 0.25) is 0 Å². The highest BCUT2D eigenvalue weighted by Crippen LogP contribution is 2.48. The monoisotopic (exact) mass is 920 g/mol. The number of hydrogen-bond donors (Lipinski definition) is 2. The summed E-state index contributed by atoms with van der Waals surface area (Å²) in [6.07, 6.45) is 8.26. The van der Waals surface area contributed by atoms with Gasteiger partial charge in [0.1, 0.15) is 11.5 Å². The van der Waals surface area contributed by atoms with E-state index in [9.17, 15) is 19.8 Å². The molecule has 366 valence electrons. The number of phenols is 2. The summed E-state index contributed by atoms with van der Waals surface area (Å²) in [4.78, 5) is 34.8. The van der Waals surface area contributed by atoms with Gasteiger partial charge in [-0.1, -0.05) is 172 Å². The van der Waals surface area contributed by atoms with E-state index >= 15 is 0 Å². The first-order valence-electron chi connectivity index (χ1n) is 24.7. The minimum atomic E-state index is -0.464. The summed E-state index contributed by atoms with van der Waals surface area (Å²) in [7, 11) is 0. The van der Waals surface area contributed by atoms with Crippen molar-refractivity contribution in [1.82, 2.24) is 4.98 Å². The summed E-state index contributed by atoms with van der Waals surface area (Å²) in [6.45, 7) is 50.6. The average Bonchev–Trinajstić information content (AvgIpc) is 3.13. The Morgan fingerprint density at radius 3 is 0.779 bits per heavy atom. The molecule has 0 saturated carbocycles. The van der Waals surface area contributed by atoms with Crippen LogP contribution in [0.25, 0.3) is 11.1 Å². The maximum Gasteiger partial charge on any atom is 0.186 e. The Bertz CT molecular complexity index is 2420. The zero-order valence-corrected chi connectivity index (χ0v) is 46.5. The number of hydrogen-bond acceptors (Lipinski definition) is 5. The summed E-state index contributed by atoms with van der Waals surface area (Å²) < 4.78 is 0. The lowest BCUT2D eigenvalue weighted by atomic mass is 9.70. The predicted octanol–water partition coefficient (Wildman–Crippen LogP) is 16.3. The van der Waals surface area contributed by atoms with Crippen LogP contribution in [-0.4, -0.2) is 26.8 Å². The number of nitrogens with zero attached hydrogens (tertiary/aromatic N) is 1. The van der Waals surface area contributed by atoms with E-state index in [1.54, 1.807) is 0 Å². The smallest absolute Gasteiger partial charge is 0.186 e. The van der Waals surface area contributed by atoms with E-state index in [1.807, 2.05) is 0 Å². The summed E-state index contributed by atoms with van der Waals surface area (Å²) >= 11 is 0. The molecule has 0 unspecified atom stereocenters. The molecule has 5 heteroatoms. The molecule has 0 fully saturated rings. The van der Waals surface area contributed by atoms with Crippen LogP contribution in [0.2, 0.25) is 0 Å². The van der Waals surface area contributed by atoms with Gasteiger partial charge in [-0.05, 0) is 126 Å². The van der Waals surface area contributed by atoms with Gasteiger partial charge in [0.05, 0.1) is 11.4 Å². The fourth-order valence-electron chi connectivity index (χ4n) is 9.26. The predicted molar refractivity (Wildman–Crippen MR) is 287 cm³/mol. The van der Waals surface area contributed by atoms with Crippen LogP contribution in [0.1, 0.15) is 211 Å². The minimum Gasteiger partial charge on any atom is -0.507 e. The lowest BCUT2D eigenvalue weighted by Gasteiger charge is -2.33. The molecule has 1 heterocycles. The molecule has 2 aliphatic rings. The molecule has 0 atom stereocenters. The van der Waals surface area contributed by atoms with Crippen LogP contribution in [0.3, 0.4) is 0 Å². The van der Waals surface area contributed by atoms with Crippen molar-refractivity contribution < 1.29 is 19.8 Å². The summed E-state index contributed by atoms with van der Waals surface area (Å²) in [5, 5.41) is 24.1. The first-order chi connectivity index (χ1) is 30.5. The Hall–Kier alpha value is -5.03. The van der Waals surface area contributed by atoms with Gasteiger partial charge in [0.25, 0.3) is 0 Å². The van der Waals surface area contributed by atoms with Gasteiger partial charge in [-0.2, -0.15) is 0 Å². The topological polar surface area (TPSA) is 87.5 Å². The Kier molecular flexibility index (Phi) is 13.8. The van der Waals surface area contributed by atoms with Crippen molar-refractivity contribution in [3.8, 4) is 11.5 Å². The Labute approximate surface area is 411 Å². The SMILES string of the molecule is CC(C)(C)C1=CC(=C(c2cc(C(C)(C)C)c(O)c(C(C)(C)C)c2)c2cccc(C(=C3C=C(C(C)(C)C)C(=O)C(C(C)(C)C)=C3)c3cc(C(C)(C)C)c(O)c(C(C)(C)C)c3)n2)C=C(C(C)(C)C)C1=O. The van der Waals surface area contributed by atoms with Crippen LogP contribution in [0, 0.1) is 21.7 Å². The number of carbonyl (C=O) groups is 2. The number of aromatic hydroxyl groups is 2. The average molecular weight is 920 g/mol. The van der Waals surface area contributed by atoms with Crippen molar-refractivity contribution >= 4 is 22.7 Å². The summed E-state index contributed by atoms with van der Waals surface area (Å²) in [5.41, 5.74) is 9.27. The lowest BCUT2D eigenvalue weighted by molar-refractivity contribution is -0.114. The fraction of sp³-hybridized carbons (Fsp3) is 0.508. The van der Waals surface area contributed by atoms with E-state index in [0.29, 0.717) is 11.4 Å². The van der Waals surface area contributed by atoms with Crippen LogP contribution < -0.4 is 0 Å². The number of ketones is 2. The lowest BCUT2D eigenvalue weighted by Crippen LogP contribution is -2.28. The van der Waals surface area contributed by atoms with Gasteiger partial charge in [0, 0.05) is 55.7 Å². The Morgan fingerprint density at radius 1 is 0.368 bits per heavy atom. The molecule has 0 radical (unpaired) electrons. The molecule has 5 nitrogen and oxygen atoms in total. The first kappa shape index (κ1) is 53.9. The second-order valence-electron chi connectivity index (χ2n) is 27.8. The molecule has 0 spiro atoms. The number of benzene rings is 2. The van der Waals surface area contributed by atoms with Crippen LogP contribution in [0.4, 0.5) is 0 Å². The molecular formula is C63H85NO4. The molecule has 0 saturated heterocycles. The van der Waals surface area contributed by atoms with Crippen molar-refractivity contribution in [1.29, 1.82) is 0 Å². The quantitative estimate of drug-likeness (QED) is 0.272. The van der Waals surface area contributed by atoms with Crippen molar-refractivity contribution in [2.24, 2.45) is 21.7 Å². The van der Waals surface area contributed by atoms with Gasteiger partial charge in [-0.15, -0.1) is 0 Å². The normalized spacial score (nSPS) is 16.1. The van der Waals surface area contributed by atoms with Crippen LogP contribution >= 0.6 is 0 Å². The van der Waals surface area contributed by atoms with Gasteiger partial charge >= 0.3 is 0 Å². The standard InChI is InChI=1S/C63H85NO4/c1-56(2,3)40-28-36(29-41(52(40)65)57(4,5)6)50(37-30-42(58(7,8)9)53(66)43(31-37)59(10,11)12)48-26-25-27-49(64-48)51(38-32-44(60(13,14)15)54(67)45(33-38)61(16,17)18)39-34-46(62(19,20)21)55(68)47(35-39)63(22,23)24/h25-35,65,67H,1-24H3. The summed E-state index contributed by atoms with van der Waals surface area (Å²) in [5.74, 6) is 0.664. The molecule has 0 aliphatic heterocycles. The maximum absolute atomic E-state index is 14.5. The third-order valence-corrected chi connectivity index (χ3v) is 13.3. The fourth-order valence-corrected chi connectivity index (χ4v) is 9.26. The highest BCUT2D eigenvalue weighted by molar-refractivity contribution is 6.13. The zero-order chi connectivity index (χ0) is 52.0. The number of rotatable bonds is 4. The van der Waals surface area contributed by atoms with Gasteiger partial charge < -0.3 is 10.2 Å². The Morgan fingerprint density at radius 2 is 0.588 bits per heavy atom. The maximum atomic E-state index is 14.5. The van der Waals surface area contributed by atoms with Crippen LogP contribution in [0.5, 0.6) is 11.5 Å². The second kappa shape index (κ2) is 17.4.